The molecule has 2 aromatic heterocycles. The molecular weight excluding hydrogens is 548 g/mol. The minimum Gasteiger partial charge on any atom is -0.478 e. The Hall–Kier alpha value is -4.24. The lowest BCUT2D eigenvalue weighted by molar-refractivity contribution is -0.687. The second-order valence-corrected chi connectivity index (χ2v) is 10.9. The summed E-state index contributed by atoms with van der Waals surface area (Å²) < 4.78 is 1.91. The van der Waals surface area contributed by atoms with Crippen molar-refractivity contribution >= 4 is 57.7 Å². The molecule has 13 nitrogen and oxygen atoms in total. The number of hydrogen-bond donors (Lipinski definition) is 4. The molecule has 0 bridgehead atoms. The Balaban J connectivity index is 1.52. The van der Waals surface area contributed by atoms with Crippen LogP contribution in [0.15, 0.2) is 64.6 Å². The maximum Gasteiger partial charge on any atom is 0.352 e. The van der Waals surface area contributed by atoms with Crippen molar-refractivity contribution in [2.75, 3.05) is 11.5 Å². The van der Waals surface area contributed by atoms with E-state index in [0.29, 0.717) is 17.9 Å². The highest BCUT2D eigenvalue weighted by molar-refractivity contribution is 8.00. The monoisotopic (exact) mass is 573 g/mol. The summed E-state index contributed by atoms with van der Waals surface area (Å²) in [5.74, 6) is -3.73. The van der Waals surface area contributed by atoms with Gasteiger partial charge in [-0.15, -0.1) is 23.1 Å². The number of nitrogen functional groups attached to an aromatic ring is 1. The second-order valence-electron chi connectivity index (χ2n) is 8.93. The molecule has 0 radical (unpaired) electrons. The molecule has 5 N–H and O–H groups in total. The average molecular weight is 574 g/mol. The van der Waals surface area contributed by atoms with E-state index in [1.807, 2.05) is 41.2 Å². The van der Waals surface area contributed by atoms with Gasteiger partial charge >= 0.3 is 11.9 Å². The van der Waals surface area contributed by atoms with Crippen LogP contribution in [-0.4, -0.2) is 72.3 Å². The predicted octanol–water partition coefficient (Wildman–Crippen LogP) is 0.592. The van der Waals surface area contributed by atoms with Gasteiger partial charge in [0.2, 0.25) is 5.60 Å². The number of carboxylic acid groups (broad SMARTS) is 2. The molecule has 0 aliphatic carbocycles. The number of allylic oxidation sites excluding steroid dienone is 2. The van der Waals surface area contributed by atoms with Crippen molar-refractivity contribution in [3.8, 4) is 0 Å². The Labute approximate surface area is 230 Å². The number of nitrogens with zero attached hydrogens (tertiary/aromatic N) is 4. The van der Waals surface area contributed by atoms with Gasteiger partial charge in [-0.05, 0) is 25.5 Å². The molecule has 1 unspecified atom stereocenters. The molecule has 0 aromatic carbocycles. The molecule has 2 aliphatic heterocycles. The topological polar surface area (TPSA) is 188 Å². The van der Waals surface area contributed by atoms with Gasteiger partial charge in [-0.2, -0.15) is 0 Å². The summed E-state index contributed by atoms with van der Waals surface area (Å²) in [4.78, 5) is 59.9. The van der Waals surface area contributed by atoms with Crippen LogP contribution < -0.4 is 15.6 Å². The first kappa shape index (κ1) is 27.8. The Morgan fingerprint density at radius 1 is 1.31 bits per heavy atom. The van der Waals surface area contributed by atoms with Gasteiger partial charge in [0.15, 0.2) is 29.8 Å². The van der Waals surface area contributed by atoms with E-state index >= 15 is 0 Å². The molecule has 2 amide bonds. The van der Waals surface area contributed by atoms with Crippen LogP contribution in [0.5, 0.6) is 0 Å². The van der Waals surface area contributed by atoms with Gasteiger partial charge in [-0.25, -0.2) is 19.1 Å². The number of β-lactam (4-membered cyclic amide) rings is 1. The third-order valence-corrected chi connectivity index (χ3v) is 7.74. The van der Waals surface area contributed by atoms with E-state index in [4.69, 9.17) is 10.6 Å². The molecule has 0 spiro atoms. The van der Waals surface area contributed by atoms with Crippen molar-refractivity contribution in [1.29, 1.82) is 0 Å². The van der Waals surface area contributed by atoms with E-state index < -0.39 is 40.8 Å². The second kappa shape index (κ2) is 11.2. The minimum atomic E-state index is -1.75. The van der Waals surface area contributed by atoms with Gasteiger partial charge in [0.25, 0.3) is 11.8 Å². The van der Waals surface area contributed by atoms with E-state index in [2.05, 4.69) is 15.5 Å². The number of carboxylic acids is 2. The first-order chi connectivity index (χ1) is 18.5. The summed E-state index contributed by atoms with van der Waals surface area (Å²) in [5.41, 5.74) is 3.91. The Bertz CT molecular complexity index is 1400. The number of amides is 2. The third kappa shape index (κ3) is 5.93. The largest absolute Gasteiger partial charge is 0.478 e. The van der Waals surface area contributed by atoms with E-state index in [1.165, 1.54) is 31.0 Å². The van der Waals surface area contributed by atoms with Crippen LogP contribution in [0.25, 0.3) is 0 Å². The van der Waals surface area contributed by atoms with Crippen molar-refractivity contribution in [1.82, 2.24) is 15.2 Å². The number of fused-ring (bicyclic) bond motifs is 1. The SMILES string of the molecule is CC(C)(O/N=C(\C(=O)NC1C(=O)N2C(C(=O)O)=C(C=CC[n+]3ccccc3)CS[C@@H]12)c1csc(N)n1)C(=O)O. The number of carbonyl (C=O) groups excluding carboxylic acids is 2. The van der Waals surface area contributed by atoms with Crippen LogP contribution in [0.4, 0.5) is 5.13 Å². The number of rotatable bonds is 10. The van der Waals surface area contributed by atoms with Crippen molar-refractivity contribution < 1.29 is 38.8 Å². The molecular formula is C24H25N6O7S2+. The molecule has 1 saturated heterocycles. The summed E-state index contributed by atoms with van der Waals surface area (Å²) in [6.07, 6.45) is 7.24. The van der Waals surface area contributed by atoms with Gasteiger partial charge < -0.3 is 26.1 Å². The molecule has 4 heterocycles. The van der Waals surface area contributed by atoms with E-state index in [-0.39, 0.29) is 22.2 Å². The highest BCUT2D eigenvalue weighted by atomic mass is 32.2. The number of aliphatic carboxylic acids is 2. The lowest BCUT2D eigenvalue weighted by Gasteiger charge is -2.49. The molecule has 204 valence electrons. The number of thioether (sulfide) groups is 1. The summed E-state index contributed by atoms with van der Waals surface area (Å²) in [6, 6.07) is 4.60. The molecule has 39 heavy (non-hydrogen) atoms. The number of aromatic nitrogens is 2. The zero-order valence-corrected chi connectivity index (χ0v) is 22.4. The van der Waals surface area contributed by atoms with Crippen LogP contribution in [0.3, 0.4) is 0 Å². The molecule has 2 atom stereocenters. The van der Waals surface area contributed by atoms with Crippen LogP contribution in [-0.2, 0) is 30.6 Å². The van der Waals surface area contributed by atoms with Crippen LogP contribution in [0.2, 0.25) is 0 Å². The number of thiazole rings is 1. The van der Waals surface area contributed by atoms with E-state index in [1.54, 1.807) is 6.08 Å². The first-order valence-electron chi connectivity index (χ1n) is 11.5. The van der Waals surface area contributed by atoms with Crippen LogP contribution in [0, 0.1) is 0 Å². The zero-order chi connectivity index (χ0) is 28.3. The first-order valence-corrected chi connectivity index (χ1v) is 13.5. The lowest BCUT2D eigenvalue weighted by atomic mass is 10.0. The quantitative estimate of drug-likeness (QED) is 0.136. The number of oxime groups is 1. The van der Waals surface area contributed by atoms with E-state index in [0.717, 1.165) is 16.2 Å². The fraction of sp³-hybridized carbons (Fsp3) is 0.292. The van der Waals surface area contributed by atoms with Crippen molar-refractivity contribution in [3.63, 3.8) is 0 Å². The summed E-state index contributed by atoms with van der Waals surface area (Å²) in [6.45, 7) is 3.02. The normalized spacial score (nSPS) is 19.5. The van der Waals surface area contributed by atoms with Gasteiger partial charge in [-0.1, -0.05) is 17.3 Å². The maximum absolute atomic E-state index is 13.2. The predicted molar refractivity (Wildman–Crippen MR) is 141 cm³/mol. The maximum atomic E-state index is 13.2. The molecule has 2 aliphatic rings. The fourth-order valence-electron chi connectivity index (χ4n) is 3.65. The van der Waals surface area contributed by atoms with Crippen molar-refractivity contribution in [2.24, 2.45) is 5.16 Å². The molecule has 1 fully saturated rings. The summed E-state index contributed by atoms with van der Waals surface area (Å²) in [7, 11) is 0. The average Bonchev–Trinajstić information content (AvgIpc) is 3.32. The molecule has 4 rings (SSSR count). The van der Waals surface area contributed by atoms with Crippen molar-refractivity contribution in [2.45, 2.75) is 37.4 Å². The van der Waals surface area contributed by atoms with Gasteiger partial charge in [0, 0.05) is 23.3 Å². The van der Waals surface area contributed by atoms with Crippen molar-refractivity contribution in [3.05, 3.63) is 65.1 Å². The Morgan fingerprint density at radius 2 is 2.03 bits per heavy atom. The van der Waals surface area contributed by atoms with Crippen LogP contribution >= 0.6 is 23.1 Å². The third-order valence-electron chi connectivity index (χ3n) is 5.76. The number of nitrogens with two attached hydrogens (primary N) is 1. The molecule has 2 aromatic rings. The van der Waals surface area contributed by atoms with Gasteiger partial charge in [0.05, 0.1) is 0 Å². The summed E-state index contributed by atoms with van der Waals surface area (Å²) in [5, 5.41) is 26.4. The fourth-order valence-corrected chi connectivity index (χ4v) is 5.52. The molecule has 15 heteroatoms. The van der Waals surface area contributed by atoms with E-state index in [9.17, 15) is 29.4 Å². The number of carbonyl (C=O) groups is 4. The Kier molecular flexibility index (Phi) is 8.01. The minimum absolute atomic E-state index is 0.0333. The lowest BCUT2D eigenvalue weighted by Crippen LogP contribution is -2.71. The smallest absolute Gasteiger partial charge is 0.352 e. The van der Waals surface area contributed by atoms with Crippen LogP contribution in [0.1, 0.15) is 19.5 Å². The van der Waals surface area contributed by atoms with Gasteiger partial charge in [-0.3, -0.25) is 14.5 Å². The Morgan fingerprint density at radius 3 is 2.64 bits per heavy atom. The highest BCUT2D eigenvalue weighted by Crippen LogP contribution is 2.40. The number of nitrogens with one attached hydrogen (secondary N) is 1. The standard InChI is InChI=1S/C24H24N6O7S2/c1-24(2,22(35)36)37-28-15(14-12-39-23(25)26-14)18(31)27-16-19(32)30-17(21(33)34)13(11-38-20(16)30)7-6-10-29-8-4-3-5-9-29/h3-9,12,16,20H,10-11H2,1-2H3,(H4-,25,26,27,31,33,34,35,36)/p+1/b7-6?,28-15-/t16?,20-/m0/s1. The number of hydrogen-bond acceptors (Lipinski definition) is 10. The number of pyridine rings is 1. The number of anilines is 1. The van der Waals surface area contributed by atoms with Gasteiger partial charge in [0.1, 0.15) is 22.8 Å². The summed E-state index contributed by atoms with van der Waals surface area (Å²) >= 11 is 2.34. The molecule has 0 saturated carbocycles. The highest BCUT2D eigenvalue weighted by Gasteiger charge is 2.54. The zero-order valence-electron chi connectivity index (χ0n) is 20.8.